The molecule has 5 heteroatoms. The number of amides is 1. The van der Waals surface area contributed by atoms with Crippen LogP contribution in [-0.2, 0) is 24.2 Å². The first-order valence-corrected chi connectivity index (χ1v) is 8.18. The molecule has 3 rings (SSSR count). The van der Waals surface area contributed by atoms with Crippen molar-refractivity contribution in [1.82, 2.24) is 0 Å². The number of benzene rings is 1. The van der Waals surface area contributed by atoms with Crippen molar-refractivity contribution in [2.75, 3.05) is 0 Å². The molecule has 0 spiro atoms. The minimum absolute atomic E-state index is 0.197. The Labute approximate surface area is 132 Å². The highest BCUT2D eigenvalue weighted by Crippen LogP contribution is 2.30. The Hall–Kier alpha value is -2.14. The van der Waals surface area contributed by atoms with Crippen molar-refractivity contribution < 1.29 is 14.3 Å². The van der Waals surface area contributed by atoms with Crippen LogP contribution in [0.1, 0.15) is 49.6 Å². The lowest BCUT2D eigenvalue weighted by molar-refractivity contribution is 0.0471. The van der Waals surface area contributed by atoms with Gasteiger partial charge in [-0.2, -0.15) is 0 Å². The van der Waals surface area contributed by atoms with Gasteiger partial charge in [0.05, 0.1) is 5.56 Å². The highest BCUT2D eigenvalue weighted by atomic mass is 32.1. The summed E-state index contributed by atoms with van der Waals surface area (Å²) in [6.07, 6.45) is 4.38. The lowest BCUT2D eigenvalue weighted by Gasteiger charge is -2.12. The molecule has 1 aliphatic carbocycles. The molecule has 0 saturated heterocycles. The number of primary amides is 1. The Kier molecular flexibility index (Phi) is 4.24. The van der Waals surface area contributed by atoms with Gasteiger partial charge < -0.3 is 10.5 Å². The third-order valence-corrected chi connectivity index (χ3v) is 4.98. The number of ether oxygens (including phenoxy) is 1. The van der Waals surface area contributed by atoms with E-state index in [-0.39, 0.29) is 12.6 Å². The monoisotopic (exact) mass is 315 g/mol. The van der Waals surface area contributed by atoms with Crippen LogP contribution in [0.5, 0.6) is 0 Å². The molecule has 1 heterocycles. The minimum Gasteiger partial charge on any atom is -0.457 e. The van der Waals surface area contributed by atoms with Gasteiger partial charge in [-0.3, -0.25) is 4.79 Å². The van der Waals surface area contributed by atoms with Gasteiger partial charge in [0.25, 0.3) is 0 Å². The summed E-state index contributed by atoms with van der Waals surface area (Å²) in [4.78, 5) is 24.6. The Morgan fingerprint density at radius 1 is 1.14 bits per heavy atom. The maximum atomic E-state index is 12.2. The molecule has 0 aliphatic heterocycles. The second-order valence-electron chi connectivity index (χ2n) is 5.40. The predicted molar refractivity (Wildman–Crippen MR) is 85.0 cm³/mol. The van der Waals surface area contributed by atoms with Crippen LogP contribution >= 0.6 is 11.3 Å². The quantitative estimate of drug-likeness (QED) is 0.882. The fourth-order valence-electron chi connectivity index (χ4n) is 2.66. The summed E-state index contributed by atoms with van der Waals surface area (Å²) in [5, 5.41) is 1.91. The predicted octanol–water partition coefficient (Wildman–Crippen LogP) is 3.08. The SMILES string of the molecule is NC(=O)c1ccc(COC(=O)c2csc3c2CCCC3)cc1. The Morgan fingerprint density at radius 2 is 1.86 bits per heavy atom. The van der Waals surface area contributed by atoms with Gasteiger partial charge in [0.15, 0.2) is 0 Å². The van der Waals surface area contributed by atoms with E-state index in [9.17, 15) is 9.59 Å². The van der Waals surface area contributed by atoms with Gasteiger partial charge in [-0.1, -0.05) is 12.1 Å². The Balaban J connectivity index is 1.65. The van der Waals surface area contributed by atoms with Crippen molar-refractivity contribution in [3.8, 4) is 0 Å². The summed E-state index contributed by atoms with van der Waals surface area (Å²) in [6.45, 7) is 0.197. The molecular formula is C17H17NO3S. The van der Waals surface area contributed by atoms with Crippen molar-refractivity contribution in [2.45, 2.75) is 32.3 Å². The number of esters is 1. The maximum absolute atomic E-state index is 12.2. The summed E-state index contributed by atoms with van der Waals surface area (Å²) >= 11 is 1.65. The van der Waals surface area contributed by atoms with E-state index in [4.69, 9.17) is 10.5 Å². The summed E-state index contributed by atoms with van der Waals surface area (Å²) in [7, 11) is 0. The van der Waals surface area contributed by atoms with E-state index in [1.54, 1.807) is 35.6 Å². The summed E-state index contributed by atoms with van der Waals surface area (Å²) < 4.78 is 5.39. The fraction of sp³-hybridized carbons (Fsp3) is 0.294. The van der Waals surface area contributed by atoms with Gasteiger partial charge in [0.2, 0.25) is 5.91 Å². The molecule has 0 fully saturated rings. The molecule has 2 N–H and O–H groups in total. The van der Waals surface area contributed by atoms with E-state index in [2.05, 4.69) is 0 Å². The number of carbonyl (C=O) groups is 2. The Morgan fingerprint density at radius 3 is 2.59 bits per heavy atom. The topological polar surface area (TPSA) is 69.4 Å². The lowest BCUT2D eigenvalue weighted by Crippen LogP contribution is -2.11. The van der Waals surface area contributed by atoms with E-state index < -0.39 is 5.91 Å². The smallest absolute Gasteiger partial charge is 0.339 e. The van der Waals surface area contributed by atoms with Gasteiger partial charge in [-0.15, -0.1) is 11.3 Å². The van der Waals surface area contributed by atoms with Crippen molar-refractivity contribution in [3.05, 3.63) is 56.8 Å². The lowest BCUT2D eigenvalue weighted by atomic mass is 9.96. The number of rotatable bonds is 4. The van der Waals surface area contributed by atoms with Crippen molar-refractivity contribution in [3.63, 3.8) is 0 Å². The summed E-state index contributed by atoms with van der Waals surface area (Å²) in [6, 6.07) is 6.77. The molecule has 0 atom stereocenters. The number of fused-ring (bicyclic) bond motifs is 1. The van der Waals surface area contributed by atoms with E-state index >= 15 is 0 Å². The fourth-order valence-corrected chi connectivity index (χ4v) is 3.77. The van der Waals surface area contributed by atoms with E-state index in [0.29, 0.717) is 11.1 Å². The third kappa shape index (κ3) is 3.04. The number of carbonyl (C=O) groups excluding carboxylic acids is 2. The van der Waals surface area contributed by atoms with Gasteiger partial charge in [-0.05, 0) is 48.9 Å². The standard InChI is InChI=1S/C17H17NO3S/c18-16(19)12-7-5-11(6-8-12)9-21-17(20)14-10-22-15-4-2-1-3-13(14)15/h5-8,10H,1-4,9H2,(H2,18,19). The van der Waals surface area contributed by atoms with Crippen LogP contribution < -0.4 is 5.73 Å². The van der Waals surface area contributed by atoms with Crippen LogP contribution in [-0.4, -0.2) is 11.9 Å². The first-order chi connectivity index (χ1) is 10.6. The van der Waals surface area contributed by atoms with Crippen LogP contribution in [0.3, 0.4) is 0 Å². The molecule has 1 aromatic carbocycles. The van der Waals surface area contributed by atoms with Gasteiger partial charge in [0, 0.05) is 15.8 Å². The first-order valence-electron chi connectivity index (χ1n) is 7.30. The highest BCUT2D eigenvalue weighted by molar-refractivity contribution is 7.10. The van der Waals surface area contributed by atoms with Gasteiger partial charge >= 0.3 is 5.97 Å². The molecule has 2 aromatic rings. The first kappa shape index (κ1) is 14.8. The second-order valence-corrected chi connectivity index (χ2v) is 6.36. The van der Waals surface area contributed by atoms with Crippen LogP contribution in [0.15, 0.2) is 29.6 Å². The van der Waals surface area contributed by atoms with E-state index in [1.165, 1.54) is 16.9 Å². The summed E-state index contributed by atoms with van der Waals surface area (Å²) in [5.41, 5.74) is 8.36. The van der Waals surface area contributed by atoms with Crippen LogP contribution in [0.4, 0.5) is 0 Å². The van der Waals surface area contributed by atoms with Crippen molar-refractivity contribution in [1.29, 1.82) is 0 Å². The normalized spacial score (nSPS) is 13.5. The van der Waals surface area contributed by atoms with Gasteiger partial charge in [-0.25, -0.2) is 4.79 Å². The molecule has 1 aliphatic rings. The number of hydrogen-bond donors (Lipinski definition) is 1. The van der Waals surface area contributed by atoms with Crippen molar-refractivity contribution in [2.24, 2.45) is 5.73 Å². The zero-order valence-corrected chi connectivity index (χ0v) is 12.9. The molecular weight excluding hydrogens is 298 g/mol. The number of thiophene rings is 1. The van der Waals surface area contributed by atoms with Gasteiger partial charge in [0.1, 0.15) is 6.61 Å². The summed E-state index contributed by atoms with van der Waals surface area (Å²) in [5.74, 6) is -0.730. The second kappa shape index (κ2) is 6.32. The minimum atomic E-state index is -0.464. The molecule has 22 heavy (non-hydrogen) atoms. The largest absolute Gasteiger partial charge is 0.457 e. The number of nitrogens with two attached hydrogens (primary N) is 1. The molecule has 1 amide bonds. The maximum Gasteiger partial charge on any atom is 0.339 e. The average molecular weight is 315 g/mol. The van der Waals surface area contributed by atoms with Crippen LogP contribution in [0.25, 0.3) is 0 Å². The zero-order chi connectivity index (χ0) is 15.5. The molecule has 0 unspecified atom stereocenters. The highest BCUT2D eigenvalue weighted by Gasteiger charge is 2.21. The number of hydrogen-bond acceptors (Lipinski definition) is 4. The van der Waals surface area contributed by atoms with E-state index in [1.807, 2.05) is 5.38 Å². The molecule has 0 bridgehead atoms. The molecule has 0 radical (unpaired) electrons. The number of aryl methyl sites for hydroxylation is 1. The van der Waals surface area contributed by atoms with Crippen LogP contribution in [0.2, 0.25) is 0 Å². The molecule has 0 saturated carbocycles. The third-order valence-electron chi connectivity index (χ3n) is 3.89. The molecule has 114 valence electrons. The molecule has 1 aromatic heterocycles. The Bertz CT molecular complexity index is 703. The zero-order valence-electron chi connectivity index (χ0n) is 12.1. The van der Waals surface area contributed by atoms with Crippen LogP contribution in [0, 0.1) is 0 Å². The molecule has 4 nitrogen and oxygen atoms in total. The average Bonchev–Trinajstić information content (AvgIpc) is 2.97. The van der Waals surface area contributed by atoms with E-state index in [0.717, 1.165) is 24.8 Å². The van der Waals surface area contributed by atoms with Crippen molar-refractivity contribution >= 4 is 23.2 Å².